The van der Waals surface area contributed by atoms with E-state index in [1.807, 2.05) is 30.5 Å². The zero-order valence-electron chi connectivity index (χ0n) is 11.3. The summed E-state index contributed by atoms with van der Waals surface area (Å²) in [5.41, 5.74) is 3.21. The first-order valence-electron chi connectivity index (χ1n) is 6.09. The van der Waals surface area contributed by atoms with Gasteiger partial charge in [-0.1, -0.05) is 45.0 Å². The van der Waals surface area contributed by atoms with E-state index in [2.05, 4.69) is 32.9 Å². The van der Waals surface area contributed by atoms with Gasteiger partial charge in [-0.15, -0.1) is 11.3 Å². The summed E-state index contributed by atoms with van der Waals surface area (Å²) in [6, 6.07) is 9.96. The average molecular weight is 258 g/mol. The van der Waals surface area contributed by atoms with Crippen LogP contribution in [0.4, 0.5) is 0 Å². The lowest BCUT2D eigenvalue weighted by molar-refractivity contribution is 0.104. The average Bonchev–Trinajstić information content (AvgIpc) is 2.73. The molecule has 1 aromatic heterocycles. The molecule has 0 bridgehead atoms. The molecule has 0 atom stereocenters. The SMILES string of the molecule is Cc1ccsc1C(=O)c1ccc(C(C)(C)C)cc1. The van der Waals surface area contributed by atoms with Crippen molar-refractivity contribution in [2.45, 2.75) is 33.1 Å². The number of carbonyl (C=O) groups is 1. The molecule has 1 nitrogen and oxygen atoms in total. The second-order valence-corrected chi connectivity index (χ2v) is 6.51. The Morgan fingerprint density at radius 3 is 2.11 bits per heavy atom. The number of aryl methyl sites for hydroxylation is 1. The standard InChI is InChI=1S/C16H18OS/c1-11-9-10-18-15(11)14(17)12-5-7-13(8-6-12)16(2,3)4/h5-10H,1-4H3. The third-order valence-electron chi connectivity index (χ3n) is 3.08. The van der Waals surface area contributed by atoms with Gasteiger partial charge in [-0.2, -0.15) is 0 Å². The molecule has 0 spiro atoms. The maximum Gasteiger partial charge on any atom is 0.203 e. The highest BCUT2D eigenvalue weighted by atomic mass is 32.1. The molecule has 0 aliphatic rings. The highest BCUT2D eigenvalue weighted by Gasteiger charge is 2.16. The van der Waals surface area contributed by atoms with Crippen LogP contribution in [-0.2, 0) is 5.41 Å². The normalized spacial score (nSPS) is 11.6. The highest BCUT2D eigenvalue weighted by Crippen LogP contribution is 2.24. The molecule has 0 amide bonds. The Bertz CT molecular complexity index is 556. The predicted molar refractivity (Wildman–Crippen MR) is 77.6 cm³/mol. The van der Waals surface area contributed by atoms with E-state index in [0.717, 1.165) is 16.0 Å². The molecule has 1 heterocycles. The van der Waals surface area contributed by atoms with Crippen molar-refractivity contribution in [3.8, 4) is 0 Å². The molecule has 0 aliphatic heterocycles. The van der Waals surface area contributed by atoms with E-state index in [0.29, 0.717) is 0 Å². The molecule has 0 saturated heterocycles. The van der Waals surface area contributed by atoms with Crippen LogP contribution < -0.4 is 0 Å². The molecule has 0 radical (unpaired) electrons. The smallest absolute Gasteiger partial charge is 0.203 e. The van der Waals surface area contributed by atoms with Gasteiger partial charge in [0.2, 0.25) is 5.78 Å². The number of hydrogen-bond donors (Lipinski definition) is 0. The van der Waals surface area contributed by atoms with Crippen LogP contribution in [0.3, 0.4) is 0 Å². The minimum Gasteiger partial charge on any atom is -0.288 e. The van der Waals surface area contributed by atoms with E-state index in [1.54, 1.807) is 0 Å². The molecule has 0 unspecified atom stereocenters. The summed E-state index contributed by atoms with van der Waals surface area (Å²) in [5.74, 6) is 0.128. The van der Waals surface area contributed by atoms with Crippen molar-refractivity contribution in [1.29, 1.82) is 0 Å². The Kier molecular flexibility index (Phi) is 3.40. The third kappa shape index (κ3) is 2.54. The summed E-state index contributed by atoms with van der Waals surface area (Å²) in [6.07, 6.45) is 0. The van der Waals surface area contributed by atoms with Gasteiger partial charge in [0.05, 0.1) is 4.88 Å². The minimum absolute atomic E-state index is 0.125. The highest BCUT2D eigenvalue weighted by molar-refractivity contribution is 7.12. The molecule has 0 fully saturated rings. The van der Waals surface area contributed by atoms with Crippen molar-refractivity contribution < 1.29 is 4.79 Å². The first-order valence-corrected chi connectivity index (χ1v) is 6.97. The largest absolute Gasteiger partial charge is 0.288 e. The van der Waals surface area contributed by atoms with Crippen LogP contribution in [0, 0.1) is 6.92 Å². The first-order chi connectivity index (χ1) is 8.39. The number of hydrogen-bond acceptors (Lipinski definition) is 2. The molecule has 2 rings (SSSR count). The van der Waals surface area contributed by atoms with Gasteiger partial charge in [0, 0.05) is 5.56 Å². The lowest BCUT2D eigenvalue weighted by Crippen LogP contribution is -2.11. The molecule has 2 aromatic rings. The van der Waals surface area contributed by atoms with E-state index < -0.39 is 0 Å². The quantitative estimate of drug-likeness (QED) is 0.720. The molecule has 18 heavy (non-hydrogen) atoms. The van der Waals surface area contributed by atoms with Crippen molar-refractivity contribution >= 4 is 17.1 Å². The summed E-state index contributed by atoms with van der Waals surface area (Å²) in [6.45, 7) is 8.50. The van der Waals surface area contributed by atoms with Crippen LogP contribution in [0.5, 0.6) is 0 Å². The zero-order chi connectivity index (χ0) is 13.3. The predicted octanol–water partition coefficient (Wildman–Crippen LogP) is 4.59. The van der Waals surface area contributed by atoms with Crippen molar-refractivity contribution in [3.63, 3.8) is 0 Å². The number of carbonyl (C=O) groups excluding carboxylic acids is 1. The van der Waals surface area contributed by atoms with Crippen molar-refractivity contribution in [3.05, 3.63) is 57.3 Å². The van der Waals surface area contributed by atoms with Gasteiger partial charge in [0.25, 0.3) is 0 Å². The molecule has 0 aliphatic carbocycles. The van der Waals surface area contributed by atoms with Crippen LogP contribution >= 0.6 is 11.3 Å². The van der Waals surface area contributed by atoms with Gasteiger partial charge in [-0.3, -0.25) is 4.79 Å². The summed E-state index contributed by atoms with van der Waals surface area (Å²) in [5, 5.41) is 1.96. The van der Waals surface area contributed by atoms with Crippen LogP contribution in [0.15, 0.2) is 35.7 Å². The summed E-state index contributed by atoms with van der Waals surface area (Å²) >= 11 is 1.51. The van der Waals surface area contributed by atoms with E-state index >= 15 is 0 Å². The van der Waals surface area contributed by atoms with E-state index in [4.69, 9.17) is 0 Å². The monoisotopic (exact) mass is 258 g/mol. The van der Waals surface area contributed by atoms with Crippen molar-refractivity contribution in [2.24, 2.45) is 0 Å². The Morgan fingerprint density at radius 2 is 1.67 bits per heavy atom. The van der Waals surface area contributed by atoms with Gasteiger partial charge in [-0.05, 0) is 34.9 Å². The van der Waals surface area contributed by atoms with E-state index in [1.165, 1.54) is 16.9 Å². The number of benzene rings is 1. The van der Waals surface area contributed by atoms with Crippen LogP contribution in [0.1, 0.15) is 47.1 Å². The fraction of sp³-hybridized carbons (Fsp3) is 0.312. The van der Waals surface area contributed by atoms with Crippen LogP contribution in [0.2, 0.25) is 0 Å². The van der Waals surface area contributed by atoms with E-state index in [9.17, 15) is 4.79 Å². The molecule has 2 heteroatoms. The van der Waals surface area contributed by atoms with Crippen LogP contribution in [0.25, 0.3) is 0 Å². The number of rotatable bonds is 2. The summed E-state index contributed by atoms with van der Waals surface area (Å²) < 4.78 is 0. The summed E-state index contributed by atoms with van der Waals surface area (Å²) in [7, 11) is 0. The van der Waals surface area contributed by atoms with Gasteiger partial charge in [0.1, 0.15) is 0 Å². The number of ketones is 1. The zero-order valence-corrected chi connectivity index (χ0v) is 12.1. The number of thiophene rings is 1. The Hall–Kier alpha value is -1.41. The van der Waals surface area contributed by atoms with Gasteiger partial charge >= 0.3 is 0 Å². The molecular formula is C16H18OS. The molecule has 0 N–H and O–H groups in total. The Morgan fingerprint density at radius 1 is 1.06 bits per heavy atom. The van der Waals surface area contributed by atoms with Crippen molar-refractivity contribution in [2.75, 3.05) is 0 Å². The molecular weight excluding hydrogens is 240 g/mol. The molecule has 1 aromatic carbocycles. The van der Waals surface area contributed by atoms with Gasteiger partial charge in [0.15, 0.2) is 0 Å². The maximum absolute atomic E-state index is 12.3. The second-order valence-electron chi connectivity index (χ2n) is 5.59. The lowest BCUT2D eigenvalue weighted by Gasteiger charge is -2.18. The van der Waals surface area contributed by atoms with Crippen LogP contribution in [-0.4, -0.2) is 5.78 Å². The Labute approximate surface area is 112 Å². The fourth-order valence-electron chi connectivity index (χ4n) is 1.86. The molecule has 0 saturated carbocycles. The van der Waals surface area contributed by atoms with E-state index in [-0.39, 0.29) is 11.2 Å². The topological polar surface area (TPSA) is 17.1 Å². The first kappa shape index (κ1) is 13.0. The minimum atomic E-state index is 0.125. The van der Waals surface area contributed by atoms with Gasteiger partial charge in [-0.25, -0.2) is 0 Å². The third-order valence-corrected chi connectivity index (χ3v) is 4.10. The lowest BCUT2D eigenvalue weighted by atomic mass is 9.86. The molecule has 94 valence electrons. The van der Waals surface area contributed by atoms with Crippen molar-refractivity contribution in [1.82, 2.24) is 0 Å². The summed E-state index contributed by atoms with van der Waals surface area (Å²) in [4.78, 5) is 13.1. The second kappa shape index (κ2) is 4.69. The Balaban J connectivity index is 2.31. The fourth-order valence-corrected chi connectivity index (χ4v) is 2.75. The van der Waals surface area contributed by atoms with Gasteiger partial charge < -0.3 is 0 Å². The maximum atomic E-state index is 12.3.